The molecule has 3 rings (SSSR count). The highest BCUT2D eigenvalue weighted by molar-refractivity contribution is 5.41. The molecule has 1 aliphatic rings. The largest absolute Gasteiger partial charge is 0.504 e. The lowest BCUT2D eigenvalue weighted by Crippen LogP contribution is -2.23. The first-order valence-electron chi connectivity index (χ1n) is 8.15. The Morgan fingerprint density at radius 3 is 2.91 bits per heavy atom. The van der Waals surface area contributed by atoms with Crippen LogP contribution in [0, 0.1) is 0 Å². The third-order valence-corrected chi connectivity index (χ3v) is 4.45. The van der Waals surface area contributed by atoms with Crippen LogP contribution in [0.2, 0.25) is 0 Å². The summed E-state index contributed by atoms with van der Waals surface area (Å²) in [5.74, 6) is 1.99. The number of methoxy groups -OCH3 is 1. The molecular weight excluding hydrogens is 292 g/mol. The lowest BCUT2D eigenvalue weighted by Gasteiger charge is -2.23. The molecule has 0 amide bonds. The van der Waals surface area contributed by atoms with Gasteiger partial charge in [0.1, 0.15) is 11.5 Å². The minimum absolute atomic E-state index is 0.173. The molecule has 1 aromatic heterocycles. The van der Waals surface area contributed by atoms with E-state index in [0.717, 1.165) is 42.9 Å². The molecule has 0 radical (unpaired) electrons. The fraction of sp³-hybridized carbons (Fsp3) is 0.500. The van der Waals surface area contributed by atoms with E-state index < -0.39 is 0 Å². The Hall–Kier alpha value is -2.01. The first kappa shape index (κ1) is 15.9. The van der Waals surface area contributed by atoms with Gasteiger partial charge in [-0.15, -0.1) is 0 Å². The zero-order valence-electron chi connectivity index (χ0n) is 14.0. The molecule has 0 unspecified atom stereocenters. The van der Waals surface area contributed by atoms with Gasteiger partial charge in [-0.1, -0.05) is 25.1 Å². The number of nitrogens with zero attached hydrogens (tertiary/aromatic N) is 2. The predicted molar refractivity (Wildman–Crippen MR) is 87.6 cm³/mol. The van der Waals surface area contributed by atoms with Crippen molar-refractivity contribution in [2.45, 2.75) is 45.2 Å². The van der Waals surface area contributed by atoms with Crippen molar-refractivity contribution in [3.8, 4) is 11.5 Å². The second-order valence-corrected chi connectivity index (χ2v) is 6.44. The summed E-state index contributed by atoms with van der Waals surface area (Å²) in [6.45, 7) is 6.07. The summed E-state index contributed by atoms with van der Waals surface area (Å²) in [7, 11) is 1.57. The third kappa shape index (κ3) is 3.34. The number of phenols is 1. The summed E-state index contributed by atoms with van der Waals surface area (Å²) >= 11 is 0. The summed E-state index contributed by atoms with van der Waals surface area (Å²) in [6, 6.07) is 7.91. The van der Waals surface area contributed by atoms with Crippen LogP contribution in [0.25, 0.3) is 0 Å². The molecule has 1 aliphatic heterocycles. The molecule has 0 aliphatic carbocycles. The van der Waals surface area contributed by atoms with E-state index in [-0.39, 0.29) is 5.75 Å². The molecule has 0 spiro atoms. The maximum absolute atomic E-state index is 9.72. The van der Waals surface area contributed by atoms with Crippen LogP contribution in [0.1, 0.15) is 55.7 Å². The Morgan fingerprint density at radius 1 is 1.39 bits per heavy atom. The number of hydrogen-bond acceptors (Lipinski definition) is 5. The number of rotatable bonds is 5. The first-order chi connectivity index (χ1) is 11.1. The molecular formula is C18H24N2O3. The van der Waals surface area contributed by atoms with Crippen molar-refractivity contribution in [1.29, 1.82) is 0 Å². The normalized spacial score (nSPS) is 18.7. The van der Waals surface area contributed by atoms with Crippen LogP contribution in [0.15, 0.2) is 28.8 Å². The van der Waals surface area contributed by atoms with Crippen molar-refractivity contribution in [3.63, 3.8) is 0 Å². The molecule has 1 aromatic carbocycles. The monoisotopic (exact) mass is 316 g/mol. The highest BCUT2D eigenvalue weighted by Crippen LogP contribution is 2.35. The second-order valence-electron chi connectivity index (χ2n) is 6.44. The summed E-state index contributed by atoms with van der Waals surface area (Å²) in [5.41, 5.74) is 2.15. The number of hydrogen-bond donors (Lipinski definition) is 1. The number of benzene rings is 1. The van der Waals surface area contributed by atoms with Gasteiger partial charge in [-0.05, 0) is 37.1 Å². The highest BCUT2D eigenvalue weighted by atomic mass is 16.5. The fourth-order valence-electron chi connectivity index (χ4n) is 3.14. The molecule has 5 heteroatoms. The van der Waals surface area contributed by atoms with E-state index in [9.17, 15) is 5.11 Å². The average Bonchev–Trinajstić information content (AvgIpc) is 3.17. The van der Waals surface area contributed by atoms with Gasteiger partial charge in [-0.3, -0.25) is 4.90 Å². The van der Waals surface area contributed by atoms with Crippen molar-refractivity contribution in [3.05, 3.63) is 41.3 Å². The van der Waals surface area contributed by atoms with Gasteiger partial charge < -0.3 is 14.4 Å². The average molecular weight is 316 g/mol. The topological polar surface area (TPSA) is 58.7 Å². The third-order valence-electron chi connectivity index (χ3n) is 4.45. The summed E-state index contributed by atoms with van der Waals surface area (Å²) in [5, 5.41) is 14.0. The van der Waals surface area contributed by atoms with Gasteiger partial charge >= 0.3 is 0 Å². The van der Waals surface area contributed by atoms with E-state index >= 15 is 0 Å². The van der Waals surface area contributed by atoms with Crippen LogP contribution in [-0.2, 0) is 6.54 Å². The van der Waals surface area contributed by atoms with E-state index in [4.69, 9.17) is 9.26 Å². The van der Waals surface area contributed by atoms with Gasteiger partial charge in [0.2, 0.25) is 0 Å². The lowest BCUT2D eigenvalue weighted by atomic mass is 10.1. The number of likely N-dealkylation sites (tertiary alicyclic amines) is 1. The Kier molecular flexibility index (Phi) is 4.57. The summed E-state index contributed by atoms with van der Waals surface area (Å²) in [4.78, 5) is 2.41. The molecule has 1 N–H and O–H groups in total. The van der Waals surface area contributed by atoms with Crippen LogP contribution in [-0.4, -0.2) is 28.8 Å². The molecule has 1 fully saturated rings. The number of ether oxygens (including phenoxy) is 1. The second kappa shape index (κ2) is 6.62. The van der Waals surface area contributed by atoms with Gasteiger partial charge in [0.05, 0.1) is 13.2 Å². The van der Waals surface area contributed by atoms with Gasteiger partial charge in [0, 0.05) is 18.5 Å². The van der Waals surface area contributed by atoms with Gasteiger partial charge in [-0.25, -0.2) is 0 Å². The van der Waals surface area contributed by atoms with Crippen molar-refractivity contribution in [1.82, 2.24) is 10.1 Å². The molecule has 0 saturated carbocycles. The Bertz CT molecular complexity index is 666. The minimum atomic E-state index is 0.173. The molecule has 1 saturated heterocycles. The van der Waals surface area contributed by atoms with Crippen molar-refractivity contribution in [2.75, 3.05) is 13.7 Å². The molecule has 124 valence electrons. The summed E-state index contributed by atoms with van der Waals surface area (Å²) < 4.78 is 10.7. The standard InChI is InChI=1S/C18H24N2O3/c1-12(2)17-10-14(19-23-17)15-5-4-8-20(15)11-13-6-7-16(21)18(9-13)22-3/h6-7,9-10,12,15,21H,4-5,8,11H2,1-3H3/t15-/m0/s1. The Labute approximate surface area is 136 Å². The lowest BCUT2D eigenvalue weighted by molar-refractivity contribution is 0.235. The number of aromatic hydroxyl groups is 1. The Morgan fingerprint density at radius 2 is 2.22 bits per heavy atom. The molecule has 1 atom stereocenters. The van der Waals surface area contributed by atoms with Gasteiger partial charge in [0.15, 0.2) is 11.5 Å². The fourth-order valence-corrected chi connectivity index (χ4v) is 3.14. The zero-order valence-corrected chi connectivity index (χ0v) is 14.0. The molecule has 2 heterocycles. The van der Waals surface area contributed by atoms with Crippen molar-refractivity contribution in [2.24, 2.45) is 0 Å². The van der Waals surface area contributed by atoms with Crippen LogP contribution >= 0.6 is 0 Å². The van der Waals surface area contributed by atoms with Gasteiger partial charge in [0.25, 0.3) is 0 Å². The highest BCUT2D eigenvalue weighted by Gasteiger charge is 2.29. The first-order valence-corrected chi connectivity index (χ1v) is 8.15. The van der Waals surface area contributed by atoms with Crippen LogP contribution in [0.3, 0.4) is 0 Å². The van der Waals surface area contributed by atoms with Crippen molar-refractivity contribution >= 4 is 0 Å². The molecule has 0 bridgehead atoms. The van der Waals surface area contributed by atoms with E-state index in [1.54, 1.807) is 13.2 Å². The number of phenolic OH excluding ortho intramolecular Hbond substituents is 1. The number of aromatic nitrogens is 1. The Balaban J connectivity index is 1.76. The molecule has 2 aromatic rings. The SMILES string of the molecule is COc1cc(CN2CCC[C@H]2c2cc(C(C)C)on2)ccc1O. The maximum atomic E-state index is 9.72. The van der Waals surface area contributed by atoms with Crippen LogP contribution in [0.5, 0.6) is 11.5 Å². The maximum Gasteiger partial charge on any atom is 0.160 e. The molecule has 23 heavy (non-hydrogen) atoms. The van der Waals surface area contributed by atoms with Gasteiger partial charge in [-0.2, -0.15) is 0 Å². The van der Waals surface area contributed by atoms with Crippen molar-refractivity contribution < 1.29 is 14.4 Å². The van der Waals surface area contributed by atoms with Crippen LogP contribution < -0.4 is 4.74 Å². The minimum Gasteiger partial charge on any atom is -0.504 e. The molecule has 5 nitrogen and oxygen atoms in total. The predicted octanol–water partition coefficient (Wildman–Crippen LogP) is 3.85. The summed E-state index contributed by atoms with van der Waals surface area (Å²) in [6.07, 6.45) is 2.25. The van der Waals surface area contributed by atoms with E-state index in [1.165, 1.54) is 0 Å². The smallest absolute Gasteiger partial charge is 0.160 e. The quantitative estimate of drug-likeness (QED) is 0.908. The van der Waals surface area contributed by atoms with E-state index in [0.29, 0.717) is 17.7 Å². The zero-order chi connectivity index (χ0) is 16.4. The van der Waals surface area contributed by atoms with E-state index in [2.05, 4.69) is 30.0 Å². The van der Waals surface area contributed by atoms with E-state index in [1.807, 2.05) is 12.1 Å². The van der Waals surface area contributed by atoms with Crippen LogP contribution in [0.4, 0.5) is 0 Å².